The molecule has 1 nitrogen and oxygen atoms in total. The van der Waals surface area contributed by atoms with Gasteiger partial charge in [-0.15, -0.1) is 0 Å². The predicted molar refractivity (Wildman–Crippen MR) is 117 cm³/mol. The zero-order chi connectivity index (χ0) is 19.7. The van der Waals surface area contributed by atoms with E-state index in [0.29, 0.717) is 10.8 Å². The molecule has 0 unspecified atom stereocenters. The number of hydrogen-bond donors (Lipinski definition) is 1. The van der Waals surface area contributed by atoms with Crippen molar-refractivity contribution in [1.82, 2.24) is 0 Å². The van der Waals surface area contributed by atoms with Gasteiger partial charge in [-0.2, -0.15) is 0 Å². The maximum atomic E-state index is 10.2. The van der Waals surface area contributed by atoms with Crippen LogP contribution in [-0.2, 0) is 0 Å². The summed E-state index contributed by atoms with van der Waals surface area (Å²) in [5.41, 5.74) is 1.10. The minimum atomic E-state index is -0.0128. The maximum Gasteiger partial charge on any atom is 0.0543 e. The van der Waals surface area contributed by atoms with Gasteiger partial charge in [-0.1, -0.05) is 39.8 Å². The molecule has 0 radical (unpaired) electrons. The van der Waals surface area contributed by atoms with Crippen molar-refractivity contribution in [2.45, 2.75) is 98.0 Å². The Morgan fingerprint density at radius 2 is 1.61 bits per heavy atom. The van der Waals surface area contributed by atoms with Gasteiger partial charge in [-0.05, 0) is 122 Å². The summed E-state index contributed by atoms with van der Waals surface area (Å²) in [6, 6.07) is 0. The summed E-state index contributed by atoms with van der Waals surface area (Å²) in [6.45, 7) is 10.2. The Morgan fingerprint density at radius 1 is 0.893 bits per heavy atom. The Morgan fingerprint density at radius 3 is 2.36 bits per heavy atom. The van der Waals surface area contributed by atoms with Crippen LogP contribution < -0.4 is 0 Å². The molecule has 0 aliphatic heterocycles. The minimum Gasteiger partial charge on any atom is -0.393 e. The first kappa shape index (κ1) is 19.7. The number of fused-ring (bicyclic) bond motifs is 5. The minimum absolute atomic E-state index is 0.0128. The van der Waals surface area contributed by atoms with Gasteiger partial charge in [0.1, 0.15) is 0 Å². The molecule has 28 heavy (non-hydrogen) atoms. The van der Waals surface area contributed by atoms with Crippen LogP contribution in [0.5, 0.6) is 0 Å². The molecule has 0 spiro atoms. The van der Waals surface area contributed by atoms with Gasteiger partial charge < -0.3 is 5.11 Å². The van der Waals surface area contributed by atoms with Crippen LogP contribution >= 0.6 is 0 Å². The lowest BCUT2D eigenvalue weighted by molar-refractivity contribution is -0.128. The van der Waals surface area contributed by atoms with E-state index in [-0.39, 0.29) is 6.10 Å². The van der Waals surface area contributed by atoms with E-state index in [4.69, 9.17) is 0 Å². The number of rotatable bonds is 3. The van der Waals surface area contributed by atoms with Crippen LogP contribution in [-0.4, -0.2) is 11.2 Å². The Kier molecular flexibility index (Phi) is 4.81. The molecular formula is C27H44O. The molecule has 1 N–H and O–H groups in total. The van der Waals surface area contributed by atoms with Gasteiger partial charge in [0.2, 0.25) is 0 Å². The molecular weight excluding hydrogens is 340 g/mol. The molecule has 11 atom stereocenters. The fraction of sp³-hybridized carbons (Fsp3) is 0.926. The smallest absolute Gasteiger partial charge is 0.0543 e. The molecule has 0 amide bonds. The molecule has 0 aromatic carbocycles. The molecule has 5 aliphatic carbocycles. The number of hydrogen-bond acceptors (Lipinski definition) is 1. The SMILES string of the molecule is C[C@H](/C=C/[C@@H]1C[C@@H]1C)[C@H]1CC[C@H]2[C@@H]3CC[C@H]4C[C@@H](O)CC[C@]4(C)[C@H]3CC[C@]12C. The first-order valence-corrected chi connectivity index (χ1v) is 12.7. The van der Waals surface area contributed by atoms with Crippen molar-refractivity contribution in [3.8, 4) is 0 Å². The highest BCUT2D eigenvalue weighted by Gasteiger charge is 2.60. The number of aliphatic hydroxyl groups is 1. The molecule has 5 fully saturated rings. The normalized spacial score (nSPS) is 56.8. The zero-order valence-corrected chi connectivity index (χ0v) is 18.9. The third kappa shape index (κ3) is 2.97. The molecule has 0 heterocycles. The largest absolute Gasteiger partial charge is 0.393 e. The molecule has 5 aliphatic rings. The molecule has 0 aromatic heterocycles. The van der Waals surface area contributed by atoms with Crippen LogP contribution in [0, 0.1) is 58.2 Å². The van der Waals surface area contributed by atoms with Crippen molar-refractivity contribution >= 4 is 0 Å². The summed E-state index contributed by atoms with van der Waals surface area (Å²) in [5, 5.41) is 10.2. The van der Waals surface area contributed by atoms with Gasteiger partial charge in [0.15, 0.2) is 0 Å². The average molecular weight is 385 g/mol. The van der Waals surface area contributed by atoms with Crippen molar-refractivity contribution in [1.29, 1.82) is 0 Å². The van der Waals surface area contributed by atoms with Crippen LogP contribution in [0.1, 0.15) is 91.9 Å². The van der Waals surface area contributed by atoms with E-state index >= 15 is 0 Å². The topological polar surface area (TPSA) is 20.2 Å². The summed E-state index contributed by atoms with van der Waals surface area (Å²) >= 11 is 0. The van der Waals surface area contributed by atoms with Gasteiger partial charge in [-0.3, -0.25) is 0 Å². The summed E-state index contributed by atoms with van der Waals surface area (Å²) < 4.78 is 0. The second-order valence-electron chi connectivity index (χ2n) is 12.4. The molecule has 0 aromatic rings. The Bertz CT molecular complexity index is 624. The van der Waals surface area contributed by atoms with Gasteiger partial charge in [0.05, 0.1) is 6.10 Å². The maximum absolute atomic E-state index is 10.2. The van der Waals surface area contributed by atoms with E-state index < -0.39 is 0 Å². The predicted octanol–water partition coefficient (Wildman–Crippen LogP) is 6.85. The van der Waals surface area contributed by atoms with Crippen molar-refractivity contribution in [3.63, 3.8) is 0 Å². The lowest BCUT2D eigenvalue weighted by Crippen LogP contribution is -2.54. The third-order valence-electron chi connectivity index (χ3n) is 11.2. The van der Waals surface area contributed by atoms with E-state index in [9.17, 15) is 5.11 Å². The van der Waals surface area contributed by atoms with Crippen LogP contribution in [0.3, 0.4) is 0 Å². The zero-order valence-electron chi connectivity index (χ0n) is 18.9. The summed E-state index contributed by atoms with van der Waals surface area (Å²) in [5.74, 6) is 7.17. The Balaban J connectivity index is 1.33. The molecule has 0 bridgehead atoms. The third-order valence-corrected chi connectivity index (χ3v) is 11.2. The first-order valence-electron chi connectivity index (χ1n) is 12.7. The second-order valence-corrected chi connectivity index (χ2v) is 12.4. The van der Waals surface area contributed by atoms with Crippen molar-refractivity contribution in [2.75, 3.05) is 0 Å². The van der Waals surface area contributed by atoms with Crippen LogP contribution in [0.15, 0.2) is 12.2 Å². The first-order chi connectivity index (χ1) is 13.3. The monoisotopic (exact) mass is 384 g/mol. The lowest BCUT2D eigenvalue weighted by Gasteiger charge is -2.61. The summed E-state index contributed by atoms with van der Waals surface area (Å²) in [6.07, 6.45) is 18.7. The van der Waals surface area contributed by atoms with Gasteiger partial charge >= 0.3 is 0 Å². The number of allylic oxidation sites excluding steroid dienone is 2. The van der Waals surface area contributed by atoms with Crippen LogP contribution in [0.25, 0.3) is 0 Å². The second kappa shape index (κ2) is 6.86. The van der Waals surface area contributed by atoms with E-state index in [1.807, 2.05) is 0 Å². The van der Waals surface area contributed by atoms with Crippen LogP contribution in [0.2, 0.25) is 0 Å². The highest BCUT2D eigenvalue weighted by Crippen LogP contribution is 2.68. The van der Waals surface area contributed by atoms with E-state index in [1.165, 1.54) is 51.4 Å². The fourth-order valence-corrected chi connectivity index (χ4v) is 9.21. The van der Waals surface area contributed by atoms with Gasteiger partial charge in [0, 0.05) is 0 Å². The molecule has 5 saturated carbocycles. The lowest BCUT2D eigenvalue weighted by atomic mass is 9.44. The van der Waals surface area contributed by atoms with Gasteiger partial charge in [0.25, 0.3) is 0 Å². The summed E-state index contributed by atoms with van der Waals surface area (Å²) in [4.78, 5) is 0. The van der Waals surface area contributed by atoms with Crippen molar-refractivity contribution in [3.05, 3.63) is 12.2 Å². The fourth-order valence-electron chi connectivity index (χ4n) is 9.21. The quantitative estimate of drug-likeness (QED) is 0.527. The van der Waals surface area contributed by atoms with Gasteiger partial charge in [-0.25, -0.2) is 0 Å². The Hall–Kier alpha value is -0.300. The Labute approximate surface area is 173 Å². The van der Waals surface area contributed by atoms with E-state index in [0.717, 1.165) is 60.2 Å². The highest BCUT2D eigenvalue weighted by atomic mass is 16.3. The van der Waals surface area contributed by atoms with E-state index in [2.05, 4.69) is 39.8 Å². The highest BCUT2D eigenvalue weighted by molar-refractivity contribution is 5.12. The molecule has 158 valence electrons. The molecule has 5 rings (SSSR count). The van der Waals surface area contributed by atoms with E-state index in [1.54, 1.807) is 0 Å². The molecule has 0 saturated heterocycles. The standard InChI is InChI=1S/C27H44O/c1-17(5-6-19-15-18(19)2)23-9-10-24-22-8-7-20-16-21(28)11-13-26(20,3)25(22)12-14-27(23,24)4/h5-6,17-25,28H,7-16H2,1-4H3/b6-5+/t17-,18+,19-,20+,21+,22+,23-,24+,25+,26+,27-/m1/s1. The number of aliphatic hydroxyl groups excluding tert-OH is 1. The molecule has 1 heteroatoms. The van der Waals surface area contributed by atoms with Crippen molar-refractivity contribution < 1.29 is 5.11 Å². The summed E-state index contributed by atoms with van der Waals surface area (Å²) in [7, 11) is 0. The van der Waals surface area contributed by atoms with Crippen LogP contribution in [0.4, 0.5) is 0 Å². The van der Waals surface area contributed by atoms with Crippen molar-refractivity contribution in [2.24, 2.45) is 58.2 Å². The average Bonchev–Trinajstić information content (AvgIpc) is 3.25.